The Morgan fingerprint density at radius 1 is 1.00 bits per heavy atom. The molecule has 1 aromatic carbocycles. The number of hydrogen-bond donors (Lipinski definition) is 2. The Morgan fingerprint density at radius 2 is 1.56 bits per heavy atom. The number of halogens is 1. The average Bonchev–Trinajstić information content (AvgIpc) is 2.58. The number of urea groups is 1. The fraction of sp³-hybridized carbons (Fsp3) is 0.550. The topological polar surface area (TPSA) is 84.5 Å². The van der Waals surface area contributed by atoms with Crippen LogP contribution >= 0.6 is 15.9 Å². The summed E-state index contributed by atoms with van der Waals surface area (Å²) in [5, 5.41) is 5.53. The smallest absolute Gasteiger partial charge is 0.320 e. The van der Waals surface area contributed by atoms with Gasteiger partial charge in [0.1, 0.15) is 5.60 Å². The molecule has 0 heterocycles. The van der Waals surface area contributed by atoms with Gasteiger partial charge in [0.25, 0.3) is 0 Å². The summed E-state index contributed by atoms with van der Waals surface area (Å²) in [5.41, 5.74) is -0.977. The van der Waals surface area contributed by atoms with Gasteiger partial charge in [-0.25, -0.2) is 4.79 Å². The highest BCUT2D eigenvalue weighted by Gasteiger charge is 2.36. The first-order chi connectivity index (χ1) is 12.5. The summed E-state index contributed by atoms with van der Waals surface area (Å²) in [6, 6.07) is 6.69. The van der Waals surface area contributed by atoms with Gasteiger partial charge in [0.15, 0.2) is 5.78 Å². The molecule has 2 amide bonds. The zero-order valence-electron chi connectivity index (χ0n) is 16.6. The molecule has 150 valence electrons. The lowest BCUT2D eigenvalue weighted by Crippen LogP contribution is -2.55. The standard InChI is InChI=1S/C20H29BrN2O4/c1-6-20(7-2,16(24)12-13-17(25)27-19(3,4)5)23-18(26)22-15-10-8-14(21)9-11-15/h8-11H,6-7,12-13H2,1-5H3,(H2,22,23,26). The summed E-state index contributed by atoms with van der Waals surface area (Å²) < 4.78 is 6.15. The number of rotatable bonds is 8. The van der Waals surface area contributed by atoms with Crippen molar-refractivity contribution in [3.8, 4) is 0 Å². The highest BCUT2D eigenvalue weighted by molar-refractivity contribution is 9.10. The van der Waals surface area contributed by atoms with Crippen LogP contribution in [-0.2, 0) is 14.3 Å². The van der Waals surface area contributed by atoms with Gasteiger partial charge in [-0.2, -0.15) is 0 Å². The van der Waals surface area contributed by atoms with Crippen LogP contribution in [0.3, 0.4) is 0 Å². The second kappa shape index (κ2) is 9.88. The monoisotopic (exact) mass is 440 g/mol. The Hall–Kier alpha value is -1.89. The largest absolute Gasteiger partial charge is 0.460 e. The Labute approximate surface area is 169 Å². The first-order valence-electron chi connectivity index (χ1n) is 9.11. The van der Waals surface area contributed by atoms with E-state index < -0.39 is 23.1 Å². The number of anilines is 1. The lowest BCUT2D eigenvalue weighted by atomic mass is 9.85. The molecule has 0 radical (unpaired) electrons. The number of ether oxygens (including phenoxy) is 1. The van der Waals surface area contributed by atoms with E-state index in [9.17, 15) is 14.4 Å². The maximum atomic E-state index is 12.8. The molecule has 0 aromatic heterocycles. The Morgan fingerprint density at radius 3 is 2.04 bits per heavy atom. The number of ketones is 1. The lowest BCUT2D eigenvalue weighted by Gasteiger charge is -2.31. The molecular weight excluding hydrogens is 412 g/mol. The van der Waals surface area contributed by atoms with Crippen LogP contribution < -0.4 is 10.6 Å². The molecule has 0 spiro atoms. The van der Waals surface area contributed by atoms with E-state index in [-0.39, 0.29) is 18.6 Å². The molecule has 0 saturated carbocycles. The molecule has 0 aliphatic carbocycles. The van der Waals surface area contributed by atoms with E-state index in [1.54, 1.807) is 32.9 Å². The number of carbonyl (C=O) groups excluding carboxylic acids is 3. The van der Waals surface area contributed by atoms with E-state index in [0.29, 0.717) is 18.5 Å². The SMILES string of the molecule is CCC(CC)(NC(=O)Nc1ccc(Br)cc1)C(=O)CCC(=O)OC(C)(C)C. The van der Waals surface area contributed by atoms with Crippen molar-refractivity contribution in [1.82, 2.24) is 5.32 Å². The third-order valence-electron chi connectivity index (χ3n) is 4.17. The van der Waals surface area contributed by atoms with Crippen molar-refractivity contribution in [2.75, 3.05) is 5.32 Å². The van der Waals surface area contributed by atoms with Crippen LogP contribution in [0.25, 0.3) is 0 Å². The Kier molecular flexibility index (Phi) is 8.47. The summed E-state index contributed by atoms with van der Waals surface area (Å²) in [6.07, 6.45) is 0.887. The van der Waals surface area contributed by atoms with Gasteiger partial charge in [-0.1, -0.05) is 29.8 Å². The van der Waals surface area contributed by atoms with Gasteiger partial charge in [0.2, 0.25) is 0 Å². The molecule has 27 heavy (non-hydrogen) atoms. The molecule has 0 atom stereocenters. The maximum Gasteiger partial charge on any atom is 0.320 e. The van der Waals surface area contributed by atoms with Crippen molar-refractivity contribution < 1.29 is 19.1 Å². The van der Waals surface area contributed by atoms with Gasteiger partial charge in [0, 0.05) is 16.6 Å². The minimum absolute atomic E-state index is 0.00609. The number of hydrogen-bond acceptors (Lipinski definition) is 4. The van der Waals surface area contributed by atoms with Gasteiger partial charge >= 0.3 is 12.0 Å². The second-order valence-electron chi connectivity index (χ2n) is 7.38. The molecule has 1 rings (SSSR count). The predicted octanol–water partition coefficient (Wildman–Crippen LogP) is 4.82. The van der Waals surface area contributed by atoms with Crippen molar-refractivity contribution in [1.29, 1.82) is 0 Å². The van der Waals surface area contributed by atoms with Gasteiger partial charge in [-0.3, -0.25) is 9.59 Å². The molecule has 1 aromatic rings. The zero-order chi connectivity index (χ0) is 20.7. The van der Waals surface area contributed by atoms with Gasteiger partial charge in [-0.15, -0.1) is 0 Å². The van der Waals surface area contributed by atoms with Crippen LogP contribution in [0.2, 0.25) is 0 Å². The van der Waals surface area contributed by atoms with Crippen LogP contribution in [-0.4, -0.2) is 28.9 Å². The third kappa shape index (κ3) is 7.71. The van der Waals surface area contributed by atoms with Crippen molar-refractivity contribution in [2.24, 2.45) is 0 Å². The summed E-state index contributed by atoms with van der Waals surface area (Å²) in [5.74, 6) is -0.597. The van der Waals surface area contributed by atoms with E-state index in [0.717, 1.165) is 4.47 Å². The highest BCUT2D eigenvalue weighted by atomic mass is 79.9. The van der Waals surface area contributed by atoms with E-state index >= 15 is 0 Å². The first-order valence-corrected chi connectivity index (χ1v) is 9.90. The quantitative estimate of drug-likeness (QED) is 0.567. The molecule has 2 N–H and O–H groups in total. The summed E-state index contributed by atoms with van der Waals surface area (Å²) >= 11 is 3.34. The molecular formula is C20H29BrN2O4. The molecule has 0 fully saturated rings. The maximum absolute atomic E-state index is 12.8. The number of carbonyl (C=O) groups is 3. The van der Waals surface area contributed by atoms with Crippen LogP contribution in [0.15, 0.2) is 28.7 Å². The van der Waals surface area contributed by atoms with Crippen LogP contribution in [0.1, 0.15) is 60.3 Å². The number of benzene rings is 1. The number of esters is 1. The molecule has 7 heteroatoms. The molecule has 0 bridgehead atoms. The molecule has 6 nitrogen and oxygen atoms in total. The second-order valence-corrected chi connectivity index (χ2v) is 8.30. The van der Waals surface area contributed by atoms with Crippen LogP contribution in [0.5, 0.6) is 0 Å². The van der Waals surface area contributed by atoms with E-state index in [1.165, 1.54) is 0 Å². The Balaban J connectivity index is 2.72. The zero-order valence-corrected chi connectivity index (χ0v) is 18.2. The van der Waals surface area contributed by atoms with Gasteiger partial charge in [-0.05, 0) is 57.9 Å². The van der Waals surface area contributed by atoms with Crippen molar-refractivity contribution in [3.63, 3.8) is 0 Å². The normalized spacial score (nSPS) is 11.6. The molecule has 0 saturated heterocycles. The van der Waals surface area contributed by atoms with E-state index in [4.69, 9.17) is 4.74 Å². The summed E-state index contributed by atoms with van der Waals surface area (Å²) in [6.45, 7) is 9.03. The fourth-order valence-corrected chi connectivity index (χ4v) is 2.92. The Bertz CT molecular complexity index is 662. The summed E-state index contributed by atoms with van der Waals surface area (Å²) in [4.78, 5) is 37.0. The highest BCUT2D eigenvalue weighted by Crippen LogP contribution is 2.21. The molecule has 0 unspecified atom stereocenters. The van der Waals surface area contributed by atoms with Gasteiger partial charge < -0.3 is 15.4 Å². The van der Waals surface area contributed by atoms with Crippen LogP contribution in [0.4, 0.5) is 10.5 Å². The third-order valence-corrected chi connectivity index (χ3v) is 4.70. The fourth-order valence-electron chi connectivity index (χ4n) is 2.65. The lowest BCUT2D eigenvalue weighted by molar-refractivity contribution is -0.155. The number of Topliss-reactive ketones (excluding diaryl/α,β-unsaturated/α-hetero) is 1. The van der Waals surface area contributed by atoms with Crippen molar-refractivity contribution in [3.05, 3.63) is 28.7 Å². The molecule has 0 aliphatic heterocycles. The predicted molar refractivity (Wildman–Crippen MR) is 110 cm³/mol. The van der Waals surface area contributed by atoms with E-state index in [1.807, 2.05) is 26.0 Å². The number of amides is 2. The number of nitrogens with one attached hydrogen (secondary N) is 2. The van der Waals surface area contributed by atoms with Crippen molar-refractivity contribution in [2.45, 2.75) is 71.4 Å². The van der Waals surface area contributed by atoms with Gasteiger partial charge in [0.05, 0.1) is 12.0 Å². The minimum atomic E-state index is -1.01. The molecule has 0 aliphatic rings. The minimum Gasteiger partial charge on any atom is -0.460 e. The van der Waals surface area contributed by atoms with Crippen LogP contribution in [0, 0.1) is 0 Å². The van der Waals surface area contributed by atoms with E-state index in [2.05, 4.69) is 26.6 Å². The first kappa shape index (κ1) is 23.1. The van der Waals surface area contributed by atoms with Crippen molar-refractivity contribution >= 4 is 39.4 Å². The summed E-state index contributed by atoms with van der Waals surface area (Å²) in [7, 11) is 0. The average molecular weight is 441 g/mol.